The Morgan fingerprint density at radius 3 is 2.63 bits per heavy atom. The molecule has 27 heavy (non-hydrogen) atoms. The van der Waals surface area contributed by atoms with E-state index in [0.29, 0.717) is 11.3 Å². The highest BCUT2D eigenvalue weighted by atomic mass is 16.3. The van der Waals surface area contributed by atoms with Crippen molar-refractivity contribution in [1.29, 1.82) is 0 Å². The highest BCUT2D eigenvalue weighted by Crippen LogP contribution is 2.35. The topological polar surface area (TPSA) is 64.2 Å². The van der Waals surface area contributed by atoms with Crippen LogP contribution in [0.1, 0.15) is 40.5 Å². The van der Waals surface area contributed by atoms with Gasteiger partial charge in [-0.2, -0.15) is 0 Å². The van der Waals surface area contributed by atoms with Gasteiger partial charge in [-0.3, -0.25) is 4.79 Å². The average Bonchev–Trinajstić information content (AvgIpc) is 3.30. The zero-order valence-electron chi connectivity index (χ0n) is 15.6. The number of furan rings is 1. The number of carbonyl (C=O) groups excluding carboxylic acids is 1. The predicted octanol–water partition coefficient (Wildman–Crippen LogP) is 3.38. The number of nitrogens with zero attached hydrogens (tertiary/aromatic N) is 4. The Hall–Kier alpha value is -2.89. The van der Waals surface area contributed by atoms with E-state index in [1.165, 1.54) is 0 Å². The molecule has 2 atom stereocenters. The van der Waals surface area contributed by atoms with Crippen LogP contribution in [0.4, 0.5) is 0 Å². The van der Waals surface area contributed by atoms with Gasteiger partial charge in [0.05, 0.1) is 11.6 Å². The number of rotatable bonds is 2. The normalized spacial score (nSPS) is 21.2. The molecule has 2 aliphatic heterocycles. The molecule has 4 heterocycles. The number of hydrogen-bond acceptors (Lipinski definition) is 4. The lowest BCUT2D eigenvalue weighted by Gasteiger charge is -2.27. The maximum absolute atomic E-state index is 13.3. The summed E-state index contributed by atoms with van der Waals surface area (Å²) in [6, 6.07) is 12.3. The summed E-state index contributed by atoms with van der Waals surface area (Å²) in [5, 5.41) is 8.90. The molecule has 2 bridgehead atoms. The van der Waals surface area contributed by atoms with Crippen LogP contribution in [0.2, 0.25) is 0 Å². The number of carbonyl (C=O) groups is 1. The Labute approximate surface area is 157 Å². The van der Waals surface area contributed by atoms with E-state index in [0.717, 1.165) is 48.8 Å². The second-order valence-corrected chi connectivity index (χ2v) is 7.54. The quantitative estimate of drug-likeness (QED) is 0.701. The van der Waals surface area contributed by atoms with Gasteiger partial charge in [-0.1, -0.05) is 30.3 Å². The summed E-state index contributed by atoms with van der Waals surface area (Å²) in [7, 11) is 0. The predicted molar refractivity (Wildman–Crippen MR) is 100 cm³/mol. The molecule has 2 aliphatic rings. The molecule has 0 N–H and O–H groups in total. The van der Waals surface area contributed by atoms with Crippen molar-refractivity contribution in [2.45, 2.75) is 51.7 Å². The third-order valence-electron chi connectivity index (χ3n) is 5.80. The van der Waals surface area contributed by atoms with Gasteiger partial charge in [-0.25, -0.2) is 0 Å². The molecule has 0 saturated carbocycles. The molecule has 1 amide bonds. The van der Waals surface area contributed by atoms with E-state index < -0.39 is 0 Å². The summed E-state index contributed by atoms with van der Waals surface area (Å²) < 4.78 is 7.80. The van der Waals surface area contributed by atoms with Crippen LogP contribution in [0.3, 0.4) is 0 Å². The van der Waals surface area contributed by atoms with Gasteiger partial charge in [-0.05, 0) is 32.8 Å². The lowest BCUT2D eigenvalue weighted by Crippen LogP contribution is -2.42. The van der Waals surface area contributed by atoms with E-state index in [2.05, 4.69) is 31.8 Å². The molecule has 1 saturated heterocycles. The zero-order chi connectivity index (χ0) is 18.5. The largest absolute Gasteiger partial charge is 0.466 e. The van der Waals surface area contributed by atoms with Gasteiger partial charge >= 0.3 is 0 Å². The van der Waals surface area contributed by atoms with Crippen molar-refractivity contribution in [3.05, 3.63) is 59.3 Å². The number of hydrogen-bond donors (Lipinski definition) is 0. The summed E-state index contributed by atoms with van der Waals surface area (Å²) >= 11 is 0. The Bertz CT molecular complexity index is 1000. The van der Waals surface area contributed by atoms with Crippen molar-refractivity contribution >= 4 is 5.91 Å². The minimum Gasteiger partial charge on any atom is -0.466 e. The highest BCUT2D eigenvalue weighted by Gasteiger charge is 2.42. The molecule has 1 fully saturated rings. The Balaban J connectivity index is 1.50. The van der Waals surface area contributed by atoms with Crippen molar-refractivity contribution in [1.82, 2.24) is 19.7 Å². The van der Waals surface area contributed by atoms with Crippen LogP contribution in [0.15, 0.2) is 40.8 Å². The van der Waals surface area contributed by atoms with Gasteiger partial charge in [0.25, 0.3) is 5.91 Å². The van der Waals surface area contributed by atoms with Crippen LogP contribution in [-0.4, -0.2) is 37.7 Å². The van der Waals surface area contributed by atoms with Crippen LogP contribution in [0, 0.1) is 13.8 Å². The van der Waals surface area contributed by atoms with Crippen molar-refractivity contribution in [3.8, 4) is 11.4 Å². The van der Waals surface area contributed by atoms with E-state index in [-0.39, 0.29) is 18.0 Å². The highest BCUT2D eigenvalue weighted by molar-refractivity contribution is 5.96. The van der Waals surface area contributed by atoms with Gasteiger partial charge in [0, 0.05) is 24.6 Å². The molecule has 6 nitrogen and oxygen atoms in total. The van der Waals surface area contributed by atoms with E-state index in [1.807, 2.05) is 38.1 Å². The Morgan fingerprint density at radius 2 is 1.89 bits per heavy atom. The fourth-order valence-corrected chi connectivity index (χ4v) is 4.56. The second kappa shape index (κ2) is 6.08. The Kier molecular flexibility index (Phi) is 3.67. The molecule has 2 aromatic heterocycles. The number of amides is 1. The van der Waals surface area contributed by atoms with Gasteiger partial charge in [0.1, 0.15) is 17.3 Å². The van der Waals surface area contributed by atoms with Crippen molar-refractivity contribution in [3.63, 3.8) is 0 Å². The van der Waals surface area contributed by atoms with Crippen LogP contribution in [-0.2, 0) is 13.0 Å². The number of benzene rings is 1. The SMILES string of the molecule is Cc1cc(C(=O)N2[C@@H]3CC[C@H]2Cc2nnc(-c4ccccc4)n2C3)c(C)o1. The van der Waals surface area contributed by atoms with Crippen LogP contribution in [0.25, 0.3) is 11.4 Å². The second-order valence-electron chi connectivity index (χ2n) is 7.54. The molecule has 0 spiro atoms. The first-order valence-corrected chi connectivity index (χ1v) is 9.49. The fraction of sp³-hybridized carbons (Fsp3) is 0.381. The summed E-state index contributed by atoms with van der Waals surface area (Å²) in [5.41, 5.74) is 1.75. The first-order chi connectivity index (χ1) is 13.1. The number of aromatic nitrogens is 3. The minimum absolute atomic E-state index is 0.0804. The summed E-state index contributed by atoms with van der Waals surface area (Å²) in [6.07, 6.45) is 2.77. The molecular formula is C21H22N4O2. The third-order valence-corrected chi connectivity index (χ3v) is 5.80. The first kappa shape index (κ1) is 16.3. The molecule has 1 aromatic carbocycles. The van der Waals surface area contributed by atoms with E-state index in [9.17, 15) is 4.79 Å². The fourth-order valence-electron chi connectivity index (χ4n) is 4.56. The van der Waals surface area contributed by atoms with E-state index >= 15 is 0 Å². The van der Waals surface area contributed by atoms with Gasteiger partial charge in [0.15, 0.2) is 5.82 Å². The average molecular weight is 362 g/mol. The summed E-state index contributed by atoms with van der Waals surface area (Å²) in [6.45, 7) is 4.49. The molecule has 3 aromatic rings. The molecule has 0 radical (unpaired) electrons. The molecule has 0 aliphatic carbocycles. The maximum Gasteiger partial charge on any atom is 0.257 e. The molecule has 0 unspecified atom stereocenters. The third kappa shape index (κ3) is 2.59. The van der Waals surface area contributed by atoms with Crippen LogP contribution in [0.5, 0.6) is 0 Å². The van der Waals surface area contributed by atoms with Gasteiger partial charge in [0.2, 0.25) is 0 Å². The zero-order valence-corrected chi connectivity index (χ0v) is 15.6. The molecule has 138 valence electrons. The summed E-state index contributed by atoms with van der Waals surface area (Å²) in [5.74, 6) is 3.42. The number of aryl methyl sites for hydroxylation is 2. The smallest absolute Gasteiger partial charge is 0.257 e. The van der Waals surface area contributed by atoms with E-state index in [1.54, 1.807) is 0 Å². The van der Waals surface area contributed by atoms with Crippen molar-refractivity contribution in [2.24, 2.45) is 0 Å². The lowest BCUT2D eigenvalue weighted by atomic mass is 10.1. The number of fused-ring (bicyclic) bond motifs is 3. The van der Waals surface area contributed by atoms with Crippen molar-refractivity contribution < 1.29 is 9.21 Å². The van der Waals surface area contributed by atoms with E-state index in [4.69, 9.17) is 4.42 Å². The standard InChI is InChI=1S/C21H22N4O2/c1-13-10-18(14(2)27-13)21(26)25-16-8-9-17(25)12-24-19(11-16)22-23-20(24)15-6-4-3-5-7-15/h3-7,10,16-17H,8-9,11-12H2,1-2H3/t16-,17+/m0/s1. The molecule has 5 rings (SSSR count). The van der Waals surface area contributed by atoms with Crippen molar-refractivity contribution in [2.75, 3.05) is 0 Å². The molecule has 6 heteroatoms. The maximum atomic E-state index is 13.3. The summed E-state index contributed by atoms with van der Waals surface area (Å²) in [4.78, 5) is 15.4. The lowest BCUT2D eigenvalue weighted by molar-refractivity contribution is 0.0664. The first-order valence-electron chi connectivity index (χ1n) is 9.49. The monoisotopic (exact) mass is 362 g/mol. The van der Waals surface area contributed by atoms with Gasteiger partial charge in [-0.15, -0.1) is 10.2 Å². The Morgan fingerprint density at radius 1 is 1.11 bits per heavy atom. The minimum atomic E-state index is 0.0804. The van der Waals surface area contributed by atoms with Crippen LogP contribution >= 0.6 is 0 Å². The van der Waals surface area contributed by atoms with Crippen LogP contribution < -0.4 is 0 Å². The molecular weight excluding hydrogens is 340 g/mol. The van der Waals surface area contributed by atoms with Gasteiger partial charge < -0.3 is 13.9 Å².